The third-order valence-corrected chi connectivity index (χ3v) is 2.65. The van der Waals surface area contributed by atoms with E-state index in [4.69, 9.17) is 5.11 Å². The highest BCUT2D eigenvalue weighted by atomic mass is 79.9. The Labute approximate surface area is 88.5 Å². The monoisotopic (exact) mass is 251 g/mol. The van der Waals surface area contributed by atoms with Crippen LogP contribution in [0.5, 0.6) is 0 Å². The predicted molar refractivity (Wildman–Crippen MR) is 56.4 cm³/mol. The Kier molecular flexibility index (Phi) is 2.21. The fraction of sp³-hybridized carbons (Fsp3) is 0. The summed E-state index contributed by atoms with van der Waals surface area (Å²) in [5.41, 5.74) is 0.0869. The molecule has 0 amide bonds. The van der Waals surface area contributed by atoms with E-state index in [1.54, 1.807) is 18.2 Å². The van der Waals surface area contributed by atoms with Gasteiger partial charge in [-0.1, -0.05) is 28.1 Å². The number of aromatic nitrogens is 1. The maximum Gasteiger partial charge on any atom is 0.355 e. The van der Waals surface area contributed by atoms with Gasteiger partial charge < -0.3 is 5.11 Å². The zero-order valence-corrected chi connectivity index (χ0v) is 8.65. The predicted octanol–water partition coefficient (Wildman–Crippen LogP) is 2.70. The molecule has 14 heavy (non-hydrogen) atoms. The number of hydrogen-bond donors (Lipinski definition) is 1. The minimum atomic E-state index is -1.01. The molecule has 0 bridgehead atoms. The molecule has 1 heterocycles. The van der Waals surface area contributed by atoms with Crippen LogP contribution in [0.15, 0.2) is 34.9 Å². The third-order valence-electron chi connectivity index (χ3n) is 1.96. The normalized spacial score (nSPS) is 10.4. The van der Waals surface area contributed by atoms with Gasteiger partial charge >= 0.3 is 5.97 Å². The molecule has 3 nitrogen and oxygen atoms in total. The average molecular weight is 252 g/mol. The molecule has 0 atom stereocenters. The largest absolute Gasteiger partial charge is 0.476 e. The van der Waals surface area contributed by atoms with E-state index in [0.29, 0.717) is 5.39 Å². The van der Waals surface area contributed by atoms with Crippen molar-refractivity contribution in [3.05, 3.63) is 40.6 Å². The van der Waals surface area contributed by atoms with Crippen molar-refractivity contribution >= 4 is 32.7 Å². The quantitative estimate of drug-likeness (QED) is 0.848. The summed E-state index contributed by atoms with van der Waals surface area (Å²) in [6.07, 6.45) is 1.50. The molecule has 1 N–H and O–H groups in total. The van der Waals surface area contributed by atoms with Crippen LogP contribution in [0.2, 0.25) is 0 Å². The van der Waals surface area contributed by atoms with E-state index in [1.807, 2.05) is 6.07 Å². The van der Waals surface area contributed by atoms with Crippen molar-refractivity contribution in [3.63, 3.8) is 0 Å². The SMILES string of the molecule is O=C(O)c1nccc2c(Br)cccc12. The number of carbonyl (C=O) groups is 1. The number of carboxylic acid groups (broad SMARTS) is 1. The molecule has 0 unspecified atom stereocenters. The summed E-state index contributed by atoms with van der Waals surface area (Å²) in [5, 5.41) is 10.4. The van der Waals surface area contributed by atoms with Crippen LogP contribution in [-0.4, -0.2) is 16.1 Å². The van der Waals surface area contributed by atoms with Crippen molar-refractivity contribution in [2.75, 3.05) is 0 Å². The van der Waals surface area contributed by atoms with Gasteiger partial charge in [-0.2, -0.15) is 0 Å². The molecule has 0 fully saturated rings. The van der Waals surface area contributed by atoms with Crippen LogP contribution < -0.4 is 0 Å². The lowest BCUT2D eigenvalue weighted by Gasteiger charge is -2.02. The van der Waals surface area contributed by atoms with Gasteiger partial charge in [0.05, 0.1) is 0 Å². The smallest absolute Gasteiger partial charge is 0.355 e. The van der Waals surface area contributed by atoms with Crippen LogP contribution >= 0.6 is 15.9 Å². The van der Waals surface area contributed by atoms with E-state index >= 15 is 0 Å². The Bertz CT molecular complexity index is 510. The molecule has 0 radical (unpaired) electrons. The number of hydrogen-bond acceptors (Lipinski definition) is 2. The van der Waals surface area contributed by atoms with Crippen LogP contribution in [-0.2, 0) is 0 Å². The standard InChI is InChI=1S/C10H6BrNO2/c11-8-3-1-2-7-6(8)4-5-12-9(7)10(13)14/h1-5H,(H,13,14). The van der Waals surface area contributed by atoms with Crippen molar-refractivity contribution in [1.82, 2.24) is 4.98 Å². The van der Waals surface area contributed by atoms with Gasteiger partial charge in [-0.3, -0.25) is 0 Å². The molecule has 0 aliphatic heterocycles. The molecule has 0 aliphatic carbocycles. The van der Waals surface area contributed by atoms with Crippen LogP contribution in [0.25, 0.3) is 10.8 Å². The molecule has 0 saturated heterocycles. The Hall–Kier alpha value is -1.42. The van der Waals surface area contributed by atoms with Crippen LogP contribution in [0, 0.1) is 0 Å². The van der Waals surface area contributed by atoms with Crippen molar-refractivity contribution < 1.29 is 9.90 Å². The topological polar surface area (TPSA) is 50.2 Å². The lowest BCUT2D eigenvalue weighted by molar-refractivity contribution is 0.0693. The number of halogens is 1. The molecule has 0 saturated carbocycles. The Morgan fingerprint density at radius 3 is 2.79 bits per heavy atom. The summed E-state index contributed by atoms with van der Waals surface area (Å²) in [6, 6.07) is 7.19. The molecular weight excluding hydrogens is 246 g/mol. The van der Waals surface area contributed by atoms with Crippen molar-refractivity contribution in [1.29, 1.82) is 0 Å². The second-order valence-corrected chi connectivity index (χ2v) is 3.65. The number of nitrogens with zero attached hydrogens (tertiary/aromatic N) is 1. The zero-order valence-electron chi connectivity index (χ0n) is 7.07. The second kappa shape index (κ2) is 3.38. The number of aromatic carboxylic acids is 1. The highest BCUT2D eigenvalue weighted by molar-refractivity contribution is 9.10. The zero-order chi connectivity index (χ0) is 10.1. The Morgan fingerprint density at radius 2 is 2.07 bits per heavy atom. The molecule has 1 aromatic heterocycles. The number of carboxylic acids is 1. The highest BCUT2D eigenvalue weighted by Gasteiger charge is 2.10. The van der Waals surface area contributed by atoms with Crippen LogP contribution in [0.4, 0.5) is 0 Å². The lowest BCUT2D eigenvalue weighted by Crippen LogP contribution is -2.00. The lowest BCUT2D eigenvalue weighted by atomic mass is 10.1. The van der Waals surface area contributed by atoms with E-state index in [2.05, 4.69) is 20.9 Å². The molecule has 2 rings (SSSR count). The van der Waals surface area contributed by atoms with Crippen molar-refractivity contribution in [3.8, 4) is 0 Å². The van der Waals surface area contributed by atoms with Crippen molar-refractivity contribution in [2.45, 2.75) is 0 Å². The number of rotatable bonds is 1. The molecule has 0 aliphatic rings. The van der Waals surface area contributed by atoms with Gasteiger partial charge in [-0.25, -0.2) is 9.78 Å². The first-order chi connectivity index (χ1) is 6.70. The number of benzene rings is 1. The Balaban J connectivity index is 2.88. The van der Waals surface area contributed by atoms with Gasteiger partial charge in [0.15, 0.2) is 5.69 Å². The molecule has 0 spiro atoms. The maximum absolute atomic E-state index is 10.8. The van der Waals surface area contributed by atoms with Gasteiger partial charge in [0.2, 0.25) is 0 Å². The molecule has 4 heteroatoms. The van der Waals surface area contributed by atoms with Crippen molar-refractivity contribution in [2.24, 2.45) is 0 Å². The first-order valence-electron chi connectivity index (χ1n) is 3.96. The average Bonchev–Trinajstić information content (AvgIpc) is 2.17. The van der Waals surface area contributed by atoms with Gasteiger partial charge in [0.25, 0.3) is 0 Å². The fourth-order valence-electron chi connectivity index (χ4n) is 1.34. The Morgan fingerprint density at radius 1 is 1.29 bits per heavy atom. The van der Waals surface area contributed by atoms with E-state index in [9.17, 15) is 4.79 Å². The molecular formula is C10H6BrNO2. The minimum Gasteiger partial charge on any atom is -0.476 e. The molecule has 2 aromatic rings. The summed E-state index contributed by atoms with van der Waals surface area (Å²) in [6.45, 7) is 0. The summed E-state index contributed by atoms with van der Waals surface area (Å²) < 4.78 is 0.875. The fourth-order valence-corrected chi connectivity index (χ4v) is 1.84. The van der Waals surface area contributed by atoms with Gasteiger partial charge in [0.1, 0.15) is 0 Å². The minimum absolute atomic E-state index is 0.0869. The number of pyridine rings is 1. The van der Waals surface area contributed by atoms with Gasteiger partial charge in [-0.05, 0) is 17.5 Å². The van der Waals surface area contributed by atoms with Crippen LogP contribution in [0.3, 0.4) is 0 Å². The second-order valence-electron chi connectivity index (χ2n) is 2.80. The first-order valence-corrected chi connectivity index (χ1v) is 4.76. The number of fused-ring (bicyclic) bond motifs is 1. The van der Waals surface area contributed by atoms with Gasteiger partial charge in [-0.15, -0.1) is 0 Å². The van der Waals surface area contributed by atoms with Crippen LogP contribution in [0.1, 0.15) is 10.5 Å². The molecule has 70 valence electrons. The van der Waals surface area contributed by atoms with E-state index < -0.39 is 5.97 Å². The highest BCUT2D eigenvalue weighted by Crippen LogP contribution is 2.24. The molecule has 1 aromatic carbocycles. The summed E-state index contributed by atoms with van der Waals surface area (Å²) in [5.74, 6) is -1.01. The van der Waals surface area contributed by atoms with Gasteiger partial charge in [0, 0.05) is 16.1 Å². The summed E-state index contributed by atoms with van der Waals surface area (Å²) in [7, 11) is 0. The van der Waals surface area contributed by atoms with E-state index in [0.717, 1.165) is 9.86 Å². The summed E-state index contributed by atoms with van der Waals surface area (Å²) >= 11 is 3.36. The maximum atomic E-state index is 10.8. The van der Waals surface area contributed by atoms with E-state index in [-0.39, 0.29) is 5.69 Å². The third kappa shape index (κ3) is 1.37. The van der Waals surface area contributed by atoms with E-state index in [1.165, 1.54) is 6.20 Å². The first kappa shape index (κ1) is 9.15. The summed E-state index contributed by atoms with van der Waals surface area (Å²) in [4.78, 5) is 14.7.